The fourth-order valence-corrected chi connectivity index (χ4v) is 2.81. The minimum atomic E-state index is -0.224. The van der Waals surface area contributed by atoms with Crippen LogP contribution in [0, 0.1) is 12.7 Å². The largest absolute Gasteiger partial charge is 0.493 e. The second-order valence-corrected chi connectivity index (χ2v) is 6.45. The number of hydrogen-bond donors (Lipinski definition) is 1. The molecule has 4 heteroatoms. The summed E-state index contributed by atoms with van der Waals surface area (Å²) in [6, 6.07) is 20.7. The van der Waals surface area contributed by atoms with E-state index in [4.69, 9.17) is 9.47 Å². The van der Waals surface area contributed by atoms with E-state index in [2.05, 4.69) is 36.5 Å². The van der Waals surface area contributed by atoms with E-state index in [0.29, 0.717) is 25.4 Å². The number of halogens is 1. The second-order valence-electron chi connectivity index (χ2n) is 6.45. The molecule has 0 atom stereocenters. The van der Waals surface area contributed by atoms with Crippen molar-refractivity contribution in [1.29, 1.82) is 0 Å². The van der Waals surface area contributed by atoms with Gasteiger partial charge in [-0.2, -0.15) is 0 Å². The molecule has 1 N–H and O–H groups in total. The molecule has 3 aromatic rings. The van der Waals surface area contributed by atoms with Gasteiger partial charge in [0, 0.05) is 18.7 Å². The summed E-state index contributed by atoms with van der Waals surface area (Å²) in [5.41, 5.74) is 4.38. The highest BCUT2D eigenvalue weighted by molar-refractivity contribution is 5.46. The van der Waals surface area contributed by atoms with Crippen LogP contribution in [0.4, 0.5) is 4.39 Å². The molecule has 0 aliphatic rings. The van der Waals surface area contributed by atoms with Crippen LogP contribution in [0.15, 0.2) is 66.7 Å². The standard InChI is InChI=1S/C23H24FNO2/c1-17-6-8-19(9-7-17)16-27-23-20(4-3-5-22(23)26-2)15-25-14-18-10-12-21(24)13-11-18/h3-13,25H,14-16H2,1-2H3. The molecule has 140 valence electrons. The maximum absolute atomic E-state index is 13.0. The fourth-order valence-electron chi connectivity index (χ4n) is 2.81. The average molecular weight is 365 g/mol. The highest BCUT2D eigenvalue weighted by atomic mass is 19.1. The lowest BCUT2D eigenvalue weighted by Gasteiger charge is -2.16. The predicted molar refractivity (Wildman–Crippen MR) is 105 cm³/mol. The number of ether oxygens (including phenoxy) is 2. The SMILES string of the molecule is COc1cccc(CNCc2ccc(F)cc2)c1OCc1ccc(C)cc1. The van der Waals surface area contributed by atoms with Gasteiger partial charge in [-0.3, -0.25) is 0 Å². The zero-order valence-corrected chi connectivity index (χ0v) is 15.7. The third kappa shape index (κ3) is 5.31. The normalized spacial score (nSPS) is 10.6. The van der Waals surface area contributed by atoms with Crippen LogP contribution in [0.5, 0.6) is 11.5 Å². The van der Waals surface area contributed by atoms with E-state index in [0.717, 1.165) is 22.4 Å². The smallest absolute Gasteiger partial charge is 0.166 e. The zero-order valence-electron chi connectivity index (χ0n) is 15.7. The molecule has 0 bridgehead atoms. The van der Waals surface area contributed by atoms with Crippen LogP contribution in [0.2, 0.25) is 0 Å². The van der Waals surface area contributed by atoms with E-state index in [9.17, 15) is 4.39 Å². The van der Waals surface area contributed by atoms with Gasteiger partial charge in [-0.25, -0.2) is 4.39 Å². The maximum atomic E-state index is 13.0. The summed E-state index contributed by atoms with van der Waals surface area (Å²) >= 11 is 0. The molecule has 0 heterocycles. The van der Waals surface area contributed by atoms with Gasteiger partial charge >= 0.3 is 0 Å². The molecule has 0 aromatic heterocycles. The van der Waals surface area contributed by atoms with Crippen LogP contribution >= 0.6 is 0 Å². The van der Waals surface area contributed by atoms with Gasteiger partial charge in [-0.05, 0) is 36.2 Å². The van der Waals surface area contributed by atoms with E-state index in [1.165, 1.54) is 17.7 Å². The van der Waals surface area contributed by atoms with Crippen molar-refractivity contribution in [3.63, 3.8) is 0 Å². The molecule has 0 fully saturated rings. The van der Waals surface area contributed by atoms with Gasteiger partial charge in [0.25, 0.3) is 0 Å². The number of hydrogen-bond acceptors (Lipinski definition) is 3. The Kier molecular flexibility index (Phi) is 6.44. The van der Waals surface area contributed by atoms with Gasteiger partial charge in [-0.1, -0.05) is 54.1 Å². The molecule has 0 spiro atoms. The first-order valence-corrected chi connectivity index (χ1v) is 8.95. The van der Waals surface area contributed by atoms with Crippen molar-refractivity contribution in [2.75, 3.05) is 7.11 Å². The van der Waals surface area contributed by atoms with Crippen molar-refractivity contribution in [3.05, 3.63) is 94.8 Å². The van der Waals surface area contributed by atoms with E-state index >= 15 is 0 Å². The molecule has 0 aliphatic carbocycles. The van der Waals surface area contributed by atoms with Crippen molar-refractivity contribution in [3.8, 4) is 11.5 Å². The fraction of sp³-hybridized carbons (Fsp3) is 0.217. The van der Waals surface area contributed by atoms with Crippen molar-refractivity contribution in [1.82, 2.24) is 5.32 Å². The minimum Gasteiger partial charge on any atom is -0.493 e. The molecule has 3 aromatic carbocycles. The molecule has 0 unspecified atom stereocenters. The van der Waals surface area contributed by atoms with E-state index < -0.39 is 0 Å². The second kappa shape index (κ2) is 9.19. The van der Waals surface area contributed by atoms with Crippen LogP contribution in [0.25, 0.3) is 0 Å². The first kappa shape index (κ1) is 18.9. The number of aryl methyl sites for hydroxylation is 1. The van der Waals surface area contributed by atoms with Gasteiger partial charge in [0.1, 0.15) is 12.4 Å². The number of nitrogens with one attached hydrogen (secondary N) is 1. The Morgan fingerprint density at radius 3 is 2.26 bits per heavy atom. The van der Waals surface area contributed by atoms with E-state index in [1.807, 2.05) is 18.2 Å². The Morgan fingerprint density at radius 2 is 1.56 bits per heavy atom. The van der Waals surface area contributed by atoms with E-state index in [-0.39, 0.29) is 5.82 Å². The lowest BCUT2D eigenvalue weighted by Crippen LogP contribution is -2.14. The third-order valence-electron chi connectivity index (χ3n) is 4.34. The number of rotatable bonds is 8. The van der Waals surface area contributed by atoms with Gasteiger partial charge in [0.2, 0.25) is 0 Å². The van der Waals surface area contributed by atoms with Crippen molar-refractivity contribution < 1.29 is 13.9 Å². The maximum Gasteiger partial charge on any atom is 0.166 e. The summed E-state index contributed by atoms with van der Waals surface area (Å²) in [6.45, 7) is 3.81. The highest BCUT2D eigenvalue weighted by Gasteiger charge is 2.11. The molecule has 3 rings (SSSR count). The van der Waals surface area contributed by atoms with Gasteiger partial charge in [-0.15, -0.1) is 0 Å². The van der Waals surface area contributed by atoms with E-state index in [1.54, 1.807) is 19.2 Å². The Balaban J connectivity index is 1.66. The first-order chi connectivity index (χ1) is 13.2. The average Bonchev–Trinajstić information content (AvgIpc) is 2.69. The number of methoxy groups -OCH3 is 1. The van der Waals surface area contributed by atoms with Gasteiger partial charge in [0.15, 0.2) is 11.5 Å². The quantitative estimate of drug-likeness (QED) is 0.609. The summed E-state index contributed by atoms with van der Waals surface area (Å²) in [7, 11) is 1.64. The Hall–Kier alpha value is -2.85. The molecule has 27 heavy (non-hydrogen) atoms. The Labute approximate surface area is 159 Å². The summed E-state index contributed by atoms with van der Waals surface area (Å²) in [5.74, 6) is 1.23. The molecule has 3 nitrogen and oxygen atoms in total. The molecule has 0 saturated heterocycles. The van der Waals surface area contributed by atoms with Crippen LogP contribution < -0.4 is 14.8 Å². The zero-order chi connectivity index (χ0) is 19.1. The van der Waals surface area contributed by atoms with Crippen molar-refractivity contribution >= 4 is 0 Å². The highest BCUT2D eigenvalue weighted by Crippen LogP contribution is 2.32. The summed E-state index contributed by atoms with van der Waals surface area (Å²) < 4.78 is 24.6. The van der Waals surface area contributed by atoms with Gasteiger partial charge in [0.05, 0.1) is 7.11 Å². The topological polar surface area (TPSA) is 30.5 Å². The summed E-state index contributed by atoms with van der Waals surface area (Å²) in [4.78, 5) is 0. The lowest BCUT2D eigenvalue weighted by atomic mass is 10.1. The molecular weight excluding hydrogens is 341 g/mol. The van der Waals surface area contributed by atoms with Crippen LogP contribution in [0.1, 0.15) is 22.3 Å². The van der Waals surface area contributed by atoms with Crippen molar-refractivity contribution in [2.45, 2.75) is 26.6 Å². The minimum absolute atomic E-state index is 0.224. The van der Waals surface area contributed by atoms with Crippen LogP contribution in [-0.2, 0) is 19.7 Å². The monoisotopic (exact) mass is 365 g/mol. The lowest BCUT2D eigenvalue weighted by molar-refractivity contribution is 0.280. The number of para-hydroxylation sites is 1. The molecular formula is C23H24FNO2. The first-order valence-electron chi connectivity index (χ1n) is 8.95. The summed E-state index contributed by atoms with van der Waals surface area (Å²) in [5, 5.41) is 3.38. The van der Waals surface area contributed by atoms with Gasteiger partial charge < -0.3 is 14.8 Å². The molecule has 0 aliphatic heterocycles. The molecule has 0 saturated carbocycles. The predicted octanol–water partition coefficient (Wildman–Crippen LogP) is 5.01. The Morgan fingerprint density at radius 1 is 0.852 bits per heavy atom. The molecule has 0 amide bonds. The third-order valence-corrected chi connectivity index (χ3v) is 4.34. The Bertz CT molecular complexity index is 861. The summed E-state index contributed by atoms with van der Waals surface area (Å²) in [6.07, 6.45) is 0. The van der Waals surface area contributed by atoms with Crippen LogP contribution in [-0.4, -0.2) is 7.11 Å². The molecule has 0 radical (unpaired) electrons. The van der Waals surface area contributed by atoms with Crippen LogP contribution in [0.3, 0.4) is 0 Å². The van der Waals surface area contributed by atoms with Crippen molar-refractivity contribution in [2.24, 2.45) is 0 Å². The number of benzene rings is 3.